The van der Waals surface area contributed by atoms with Gasteiger partial charge in [-0.25, -0.2) is 4.39 Å². The molecular formula is C12H15FO. The molecule has 1 aromatic rings. The Morgan fingerprint density at radius 2 is 1.93 bits per heavy atom. The second kappa shape index (κ2) is 4.91. The Morgan fingerprint density at radius 3 is 2.43 bits per heavy atom. The first kappa shape index (κ1) is 10.9. The monoisotopic (exact) mass is 194 g/mol. The van der Waals surface area contributed by atoms with Crippen LogP contribution in [-0.2, 0) is 0 Å². The summed E-state index contributed by atoms with van der Waals surface area (Å²) in [5.41, 5.74) is 1.93. The van der Waals surface area contributed by atoms with Crippen molar-refractivity contribution in [2.45, 2.75) is 26.4 Å². The first-order valence-corrected chi connectivity index (χ1v) is 4.66. The molecule has 1 unspecified atom stereocenters. The Balaban J connectivity index is 2.65. The lowest BCUT2D eigenvalue weighted by molar-refractivity contribution is 0.181. The number of hydrogen-bond donors (Lipinski definition) is 1. The minimum absolute atomic E-state index is 0.275. The van der Waals surface area contributed by atoms with Crippen molar-refractivity contribution < 1.29 is 9.50 Å². The fourth-order valence-corrected chi connectivity index (χ4v) is 1.17. The van der Waals surface area contributed by atoms with Gasteiger partial charge in [-0.3, -0.25) is 0 Å². The molecule has 0 amide bonds. The molecule has 1 nitrogen and oxygen atoms in total. The number of rotatable bonds is 3. The summed E-state index contributed by atoms with van der Waals surface area (Å²) in [6.45, 7) is 3.97. The molecule has 0 aliphatic carbocycles. The second-order valence-electron chi connectivity index (χ2n) is 3.58. The van der Waals surface area contributed by atoms with Crippen LogP contribution in [0.5, 0.6) is 0 Å². The van der Waals surface area contributed by atoms with Gasteiger partial charge in [0.05, 0.1) is 6.10 Å². The Labute approximate surface area is 83.9 Å². The summed E-state index contributed by atoms with van der Waals surface area (Å²) >= 11 is 0. The Bertz CT molecular complexity index is 310. The quantitative estimate of drug-likeness (QED) is 0.732. The summed E-state index contributed by atoms with van der Waals surface area (Å²) in [7, 11) is 0. The smallest absolute Gasteiger partial charge is 0.123 e. The summed E-state index contributed by atoms with van der Waals surface area (Å²) in [6, 6.07) is 5.94. The first-order chi connectivity index (χ1) is 6.59. The number of benzene rings is 1. The Hall–Kier alpha value is -1.15. The van der Waals surface area contributed by atoms with Crippen LogP contribution in [0.3, 0.4) is 0 Å². The van der Waals surface area contributed by atoms with Crippen LogP contribution in [0, 0.1) is 5.82 Å². The van der Waals surface area contributed by atoms with Gasteiger partial charge >= 0.3 is 0 Å². The normalized spacial score (nSPS) is 12.3. The van der Waals surface area contributed by atoms with E-state index in [-0.39, 0.29) is 5.82 Å². The summed E-state index contributed by atoms with van der Waals surface area (Å²) < 4.78 is 12.6. The van der Waals surface area contributed by atoms with E-state index in [1.807, 2.05) is 19.9 Å². The van der Waals surface area contributed by atoms with Crippen molar-refractivity contribution >= 4 is 0 Å². The number of aliphatic hydroxyl groups is 1. The van der Waals surface area contributed by atoms with Gasteiger partial charge in [0.15, 0.2) is 0 Å². The van der Waals surface area contributed by atoms with Crippen molar-refractivity contribution in [3.8, 4) is 0 Å². The minimum atomic E-state index is -0.537. The zero-order valence-corrected chi connectivity index (χ0v) is 8.50. The van der Waals surface area contributed by atoms with Gasteiger partial charge in [0.1, 0.15) is 5.82 Å². The molecule has 1 N–H and O–H groups in total. The van der Waals surface area contributed by atoms with Gasteiger partial charge in [-0.2, -0.15) is 0 Å². The number of allylic oxidation sites excluding steroid dienone is 1. The first-order valence-electron chi connectivity index (χ1n) is 4.66. The van der Waals surface area contributed by atoms with E-state index in [1.165, 1.54) is 17.7 Å². The molecule has 1 rings (SSSR count). The molecule has 0 aliphatic rings. The summed E-state index contributed by atoms with van der Waals surface area (Å²) in [4.78, 5) is 0. The second-order valence-corrected chi connectivity index (χ2v) is 3.58. The molecule has 1 atom stereocenters. The van der Waals surface area contributed by atoms with Crippen LogP contribution in [0.2, 0.25) is 0 Å². The molecule has 76 valence electrons. The molecule has 0 aromatic heterocycles. The standard InChI is InChI=1S/C12H15FO/c1-9(2)3-8-12(14)10-4-6-11(13)7-5-10/h3-7,12,14H,8H2,1-2H3. The predicted molar refractivity (Wildman–Crippen MR) is 55.4 cm³/mol. The molecule has 0 spiro atoms. The van der Waals surface area contributed by atoms with Gasteiger partial charge < -0.3 is 5.11 Å². The number of halogens is 1. The van der Waals surface area contributed by atoms with Gasteiger partial charge in [-0.05, 0) is 38.0 Å². The van der Waals surface area contributed by atoms with Crippen molar-refractivity contribution in [1.29, 1.82) is 0 Å². The fourth-order valence-electron chi connectivity index (χ4n) is 1.17. The summed E-state index contributed by atoms with van der Waals surface area (Å²) in [5, 5.41) is 9.69. The van der Waals surface area contributed by atoms with Crippen LogP contribution in [0.15, 0.2) is 35.9 Å². The van der Waals surface area contributed by atoms with Crippen LogP contribution < -0.4 is 0 Å². The third kappa shape index (κ3) is 3.30. The van der Waals surface area contributed by atoms with Crippen molar-refractivity contribution in [1.82, 2.24) is 0 Å². The van der Waals surface area contributed by atoms with Crippen LogP contribution in [0.1, 0.15) is 31.9 Å². The maximum atomic E-state index is 12.6. The van der Waals surface area contributed by atoms with Gasteiger partial charge in [0.25, 0.3) is 0 Å². The molecule has 0 radical (unpaired) electrons. The minimum Gasteiger partial charge on any atom is -0.388 e. The van der Waals surface area contributed by atoms with Crippen LogP contribution in [0.4, 0.5) is 4.39 Å². The van der Waals surface area contributed by atoms with E-state index in [2.05, 4.69) is 0 Å². The van der Waals surface area contributed by atoms with Crippen LogP contribution >= 0.6 is 0 Å². The highest BCUT2D eigenvalue weighted by atomic mass is 19.1. The van der Waals surface area contributed by atoms with Gasteiger partial charge in [-0.1, -0.05) is 23.8 Å². The lowest BCUT2D eigenvalue weighted by atomic mass is 10.1. The molecule has 0 saturated carbocycles. The lowest BCUT2D eigenvalue weighted by Crippen LogP contribution is -1.95. The number of aliphatic hydroxyl groups excluding tert-OH is 1. The maximum absolute atomic E-state index is 12.6. The third-order valence-corrected chi connectivity index (χ3v) is 2.00. The molecule has 14 heavy (non-hydrogen) atoms. The van der Waals surface area contributed by atoms with E-state index in [1.54, 1.807) is 12.1 Å². The molecular weight excluding hydrogens is 179 g/mol. The lowest BCUT2D eigenvalue weighted by Gasteiger charge is -2.08. The molecule has 0 fully saturated rings. The van der Waals surface area contributed by atoms with E-state index < -0.39 is 6.10 Å². The fraction of sp³-hybridized carbons (Fsp3) is 0.333. The molecule has 0 bridgehead atoms. The maximum Gasteiger partial charge on any atom is 0.123 e. The predicted octanol–water partition coefficient (Wildman–Crippen LogP) is 3.22. The number of hydrogen-bond acceptors (Lipinski definition) is 1. The SMILES string of the molecule is CC(C)=CCC(O)c1ccc(F)cc1. The zero-order valence-electron chi connectivity index (χ0n) is 8.50. The highest BCUT2D eigenvalue weighted by Gasteiger charge is 2.04. The third-order valence-electron chi connectivity index (χ3n) is 2.00. The molecule has 0 aliphatic heterocycles. The summed E-state index contributed by atoms with van der Waals surface area (Å²) in [6.07, 6.45) is 2.01. The topological polar surface area (TPSA) is 20.2 Å². The molecule has 0 saturated heterocycles. The van der Waals surface area contributed by atoms with E-state index in [0.717, 1.165) is 5.56 Å². The molecule has 0 heterocycles. The van der Waals surface area contributed by atoms with Gasteiger partial charge in [-0.15, -0.1) is 0 Å². The van der Waals surface area contributed by atoms with Crippen LogP contribution in [0.25, 0.3) is 0 Å². The van der Waals surface area contributed by atoms with E-state index in [0.29, 0.717) is 6.42 Å². The van der Waals surface area contributed by atoms with E-state index in [4.69, 9.17) is 0 Å². The van der Waals surface area contributed by atoms with Crippen LogP contribution in [-0.4, -0.2) is 5.11 Å². The van der Waals surface area contributed by atoms with E-state index >= 15 is 0 Å². The van der Waals surface area contributed by atoms with Crippen molar-refractivity contribution in [2.24, 2.45) is 0 Å². The van der Waals surface area contributed by atoms with Gasteiger partial charge in [0.2, 0.25) is 0 Å². The highest BCUT2D eigenvalue weighted by molar-refractivity contribution is 5.19. The largest absolute Gasteiger partial charge is 0.388 e. The van der Waals surface area contributed by atoms with Crippen molar-refractivity contribution in [3.05, 3.63) is 47.3 Å². The molecule has 1 aromatic carbocycles. The van der Waals surface area contributed by atoms with Crippen molar-refractivity contribution in [2.75, 3.05) is 0 Å². The molecule has 2 heteroatoms. The summed E-state index contributed by atoms with van der Waals surface area (Å²) in [5.74, 6) is -0.275. The zero-order chi connectivity index (χ0) is 10.6. The average molecular weight is 194 g/mol. The van der Waals surface area contributed by atoms with Gasteiger partial charge in [0, 0.05) is 0 Å². The Kier molecular flexibility index (Phi) is 3.84. The highest BCUT2D eigenvalue weighted by Crippen LogP contribution is 2.17. The Morgan fingerprint density at radius 1 is 1.36 bits per heavy atom. The van der Waals surface area contributed by atoms with E-state index in [9.17, 15) is 9.50 Å². The average Bonchev–Trinajstić information content (AvgIpc) is 2.15. The van der Waals surface area contributed by atoms with Crippen molar-refractivity contribution in [3.63, 3.8) is 0 Å².